The number of amides is 2. The molecule has 2 aromatic rings. The summed E-state index contributed by atoms with van der Waals surface area (Å²) in [5.74, 6) is -0.471. The van der Waals surface area contributed by atoms with Gasteiger partial charge in [-0.2, -0.15) is 0 Å². The number of anilines is 1. The van der Waals surface area contributed by atoms with Crippen molar-refractivity contribution in [2.45, 2.75) is 6.54 Å². The van der Waals surface area contributed by atoms with E-state index < -0.39 is 0 Å². The lowest BCUT2D eigenvalue weighted by Crippen LogP contribution is -2.51. The van der Waals surface area contributed by atoms with Crippen LogP contribution in [0.15, 0.2) is 48.5 Å². The van der Waals surface area contributed by atoms with Crippen molar-refractivity contribution >= 4 is 29.1 Å². The summed E-state index contributed by atoms with van der Waals surface area (Å²) in [4.78, 5) is 30.4. The van der Waals surface area contributed by atoms with Gasteiger partial charge in [-0.3, -0.25) is 19.4 Å². The van der Waals surface area contributed by atoms with Crippen LogP contribution in [0.2, 0.25) is 5.02 Å². The number of benzene rings is 2. The minimum Gasteiger partial charge on any atom is -0.340 e. The fourth-order valence-electron chi connectivity index (χ4n) is 3.34. The predicted octanol–water partition coefficient (Wildman–Crippen LogP) is 2.69. The molecular weight excluding hydrogens is 407 g/mol. The molecule has 0 saturated carbocycles. The van der Waals surface area contributed by atoms with Crippen molar-refractivity contribution in [2.75, 3.05) is 51.6 Å². The molecule has 1 fully saturated rings. The molecule has 0 aliphatic carbocycles. The summed E-state index contributed by atoms with van der Waals surface area (Å²) in [5, 5.41) is 3.33. The molecule has 0 aromatic heterocycles. The maximum absolute atomic E-state index is 13.8. The van der Waals surface area contributed by atoms with Crippen molar-refractivity contribution in [3.05, 3.63) is 64.9 Å². The highest BCUT2D eigenvalue weighted by atomic mass is 35.5. The molecule has 0 unspecified atom stereocenters. The molecule has 2 amide bonds. The van der Waals surface area contributed by atoms with Crippen molar-refractivity contribution in [3.63, 3.8) is 0 Å². The Bertz CT molecular complexity index is 887. The topological polar surface area (TPSA) is 55.9 Å². The summed E-state index contributed by atoms with van der Waals surface area (Å²) in [6.07, 6.45) is 0. The number of hydrogen-bond acceptors (Lipinski definition) is 4. The van der Waals surface area contributed by atoms with E-state index in [2.05, 4.69) is 15.1 Å². The number of carbonyl (C=O) groups excluding carboxylic acids is 2. The number of para-hydroxylation sites is 1. The second-order valence-electron chi connectivity index (χ2n) is 7.42. The van der Waals surface area contributed by atoms with Crippen molar-refractivity contribution in [3.8, 4) is 0 Å². The third-order valence-corrected chi connectivity index (χ3v) is 5.46. The van der Waals surface area contributed by atoms with Crippen LogP contribution in [-0.4, -0.2) is 72.8 Å². The van der Waals surface area contributed by atoms with Gasteiger partial charge in [0, 0.05) is 45.3 Å². The van der Waals surface area contributed by atoms with E-state index in [9.17, 15) is 14.0 Å². The van der Waals surface area contributed by atoms with Crippen LogP contribution in [0.25, 0.3) is 0 Å². The molecule has 3 rings (SSSR count). The first-order valence-electron chi connectivity index (χ1n) is 9.89. The van der Waals surface area contributed by atoms with Crippen molar-refractivity contribution < 1.29 is 14.0 Å². The lowest BCUT2D eigenvalue weighted by Gasteiger charge is -2.34. The Labute approximate surface area is 181 Å². The minimum atomic E-state index is -0.305. The molecule has 1 heterocycles. The Morgan fingerprint density at radius 3 is 2.27 bits per heavy atom. The van der Waals surface area contributed by atoms with Gasteiger partial charge in [0.1, 0.15) is 5.82 Å². The standard InChI is InChI=1S/C22H26ClFN4O2/c1-26(14-17-6-2-4-8-19(17)24)22(30)16-28-12-10-27(11-13-28)15-21(29)25-20-9-5-3-7-18(20)23/h2-9H,10-16H2,1H3,(H,25,29). The minimum absolute atomic E-state index is 0.0526. The van der Waals surface area contributed by atoms with Crippen LogP contribution >= 0.6 is 11.6 Å². The molecule has 1 aliphatic rings. The first kappa shape index (κ1) is 22.2. The highest BCUT2D eigenvalue weighted by Gasteiger charge is 2.22. The summed E-state index contributed by atoms with van der Waals surface area (Å²) in [6.45, 7) is 3.58. The average molecular weight is 433 g/mol. The van der Waals surface area contributed by atoms with E-state index in [1.165, 1.54) is 6.07 Å². The Balaban J connectivity index is 1.40. The van der Waals surface area contributed by atoms with Crippen LogP contribution in [0.3, 0.4) is 0 Å². The second kappa shape index (κ2) is 10.5. The van der Waals surface area contributed by atoms with E-state index >= 15 is 0 Å². The Kier molecular flexibility index (Phi) is 7.79. The summed E-state index contributed by atoms with van der Waals surface area (Å²) in [5.41, 5.74) is 1.11. The van der Waals surface area contributed by atoms with Crippen LogP contribution in [0.1, 0.15) is 5.56 Å². The summed E-state index contributed by atoms with van der Waals surface area (Å²) >= 11 is 6.07. The molecule has 8 heteroatoms. The first-order chi connectivity index (χ1) is 14.4. The number of nitrogens with zero attached hydrogens (tertiary/aromatic N) is 3. The van der Waals surface area contributed by atoms with E-state index in [0.717, 1.165) is 0 Å². The van der Waals surface area contributed by atoms with Crippen molar-refractivity contribution in [1.82, 2.24) is 14.7 Å². The molecule has 1 N–H and O–H groups in total. The lowest BCUT2D eigenvalue weighted by molar-refractivity contribution is -0.132. The molecule has 1 saturated heterocycles. The molecule has 0 atom stereocenters. The van der Waals surface area contributed by atoms with E-state index in [1.54, 1.807) is 42.3 Å². The van der Waals surface area contributed by atoms with Gasteiger partial charge >= 0.3 is 0 Å². The Hall–Kier alpha value is -2.48. The largest absolute Gasteiger partial charge is 0.340 e. The third kappa shape index (κ3) is 6.26. The zero-order valence-electron chi connectivity index (χ0n) is 17.0. The third-order valence-electron chi connectivity index (χ3n) is 5.13. The van der Waals surface area contributed by atoms with Gasteiger partial charge in [-0.05, 0) is 18.2 Å². The zero-order chi connectivity index (χ0) is 21.5. The molecule has 30 heavy (non-hydrogen) atoms. The molecule has 160 valence electrons. The number of rotatable bonds is 7. The number of hydrogen-bond donors (Lipinski definition) is 1. The maximum atomic E-state index is 13.8. The van der Waals surface area contributed by atoms with Gasteiger partial charge < -0.3 is 10.2 Å². The van der Waals surface area contributed by atoms with E-state index in [4.69, 9.17) is 11.6 Å². The summed E-state index contributed by atoms with van der Waals surface area (Å²) in [6, 6.07) is 13.6. The Morgan fingerprint density at radius 2 is 1.60 bits per heavy atom. The molecule has 0 radical (unpaired) electrons. The Morgan fingerprint density at radius 1 is 1.00 bits per heavy atom. The van der Waals surface area contributed by atoms with E-state index in [-0.39, 0.29) is 37.3 Å². The van der Waals surface area contributed by atoms with Gasteiger partial charge in [0.15, 0.2) is 0 Å². The van der Waals surface area contributed by atoms with Crippen LogP contribution in [0.5, 0.6) is 0 Å². The van der Waals surface area contributed by atoms with E-state index in [1.807, 2.05) is 12.1 Å². The fraction of sp³-hybridized carbons (Fsp3) is 0.364. The second-order valence-corrected chi connectivity index (χ2v) is 7.83. The number of nitrogens with one attached hydrogen (secondary N) is 1. The normalized spacial score (nSPS) is 15.0. The average Bonchev–Trinajstić information content (AvgIpc) is 2.73. The number of carbonyl (C=O) groups is 2. The van der Waals surface area contributed by atoms with Crippen LogP contribution in [0.4, 0.5) is 10.1 Å². The smallest absolute Gasteiger partial charge is 0.238 e. The van der Waals surface area contributed by atoms with Gasteiger partial charge in [0.25, 0.3) is 0 Å². The molecule has 0 spiro atoms. The molecule has 1 aliphatic heterocycles. The highest BCUT2D eigenvalue weighted by Crippen LogP contribution is 2.20. The van der Waals surface area contributed by atoms with Gasteiger partial charge in [-0.25, -0.2) is 4.39 Å². The van der Waals surface area contributed by atoms with Gasteiger partial charge in [0.2, 0.25) is 11.8 Å². The van der Waals surface area contributed by atoms with Gasteiger partial charge in [-0.15, -0.1) is 0 Å². The van der Waals surface area contributed by atoms with Crippen LogP contribution in [-0.2, 0) is 16.1 Å². The van der Waals surface area contributed by atoms with Crippen LogP contribution < -0.4 is 5.32 Å². The molecule has 6 nitrogen and oxygen atoms in total. The molecule has 2 aromatic carbocycles. The fourth-order valence-corrected chi connectivity index (χ4v) is 3.53. The predicted molar refractivity (Wildman–Crippen MR) is 116 cm³/mol. The lowest BCUT2D eigenvalue weighted by atomic mass is 10.2. The van der Waals surface area contributed by atoms with Gasteiger partial charge in [0.05, 0.1) is 23.8 Å². The van der Waals surface area contributed by atoms with Crippen molar-refractivity contribution in [1.29, 1.82) is 0 Å². The molecule has 0 bridgehead atoms. The zero-order valence-corrected chi connectivity index (χ0v) is 17.7. The number of piperazine rings is 1. The summed E-state index contributed by atoms with van der Waals surface area (Å²) in [7, 11) is 1.68. The summed E-state index contributed by atoms with van der Waals surface area (Å²) < 4.78 is 13.8. The SMILES string of the molecule is CN(Cc1ccccc1F)C(=O)CN1CCN(CC(=O)Nc2ccccc2Cl)CC1. The van der Waals surface area contributed by atoms with Gasteiger partial charge in [-0.1, -0.05) is 41.9 Å². The quantitative estimate of drug-likeness (QED) is 0.731. The molecular formula is C22H26ClFN4O2. The first-order valence-corrected chi connectivity index (χ1v) is 10.3. The monoisotopic (exact) mass is 432 g/mol. The van der Waals surface area contributed by atoms with E-state index in [0.29, 0.717) is 42.5 Å². The highest BCUT2D eigenvalue weighted by molar-refractivity contribution is 6.33. The number of halogens is 2. The van der Waals surface area contributed by atoms with Crippen LogP contribution in [0, 0.1) is 5.82 Å². The number of likely N-dealkylation sites (N-methyl/N-ethyl adjacent to an activating group) is 1. The van der Waals surface area contributed by atoms with Crippen molar-refractivity contribution in [2.24, 2.45) is 0 Å². The maximum Gasteiger partial charge on any atom is 0.238 e.